The summed E-state index contributed by atoms with van der Waals surface area (Å²) < 4.78 is 17.5. The molecule has 184 valence electrons. The molecular formula is C28H54O3. The lowest BCUT2D eigenvalue weighted by molar-refractivity contribution is -0.0557. The van der Waals surface area contributed by atoms with Gasteiger partial charge in [-0.25, -0.2) is 0 Å². The minimum Gasteiger partial charge on any atom is -0.378 e. The predicted octanol–water partition coefficient (Wildman–Crippen LogP) is 8.38. The van der Waals surface area contributed by atoms with Crippen LogP contribution >= 0.6 is 0 Å². The number of rotatable bonds is 22. The normalized spacial score (nSPS) is 22.6. The van der Waals surface area contributed by atoms with E-state index in [0.717, 1.165) is 13.2 Å². The van der Waals surface area contributed by atoms with E-state index in [4.69, 9.17) is 14.2 Å². The fourth-order valence-electron chi connectivity index (χ4n) is 4.94. The van der Waals surface area contributed by atoms with Gasteiger partial charge in [0.25, 0.3) is 0 Å². The first-order valence-electron chi connectivity index (χ1n) is 14.2. The zero-order valence-electron chi connectivity index (χ0n) is 21.1. The van der Waals surface area contributed by atoms with Crippen LogP contribution in [0.5, 0.6) is 0 Å². The third kappa shape index (κ3) is 13.2. The van der Waals surface area contributed by atoms with Crippen LogP contribution in [0.15, 0.2) is 0 Å². The average Bonchev–Trinajstić information content (AvgIpc) is 2.72. The molecule has 0 amide bonds. The van der Waals surface area contributed by atoms with Gasteiger partial charge in [-0.1, -0.05) is 90.9 Å². The molecule has 0 aromatic carbocycles. The summed E-state index contributed by atoms with van der Waals surface area (Å²) in [6, 6.07) is 0. The largest absolute Gasteiger partial charge is 0.378 e. The second kappa shape index (κ2) is 18.3. The molecule has 3 nitrogen and oxygen atoms in total. The number of unbranched alkanes of at least 4 members (excludes halogenated alkanes) is 10. The number of ether oxygens (including phenoxy) is 3. The summed E-state index contributed by atoms with van der Waals surface area (Å²) in [4.78, 5) is 0. The Kier molecular flexibility index (Phi) is 16.0. The van der Waals surface area contributed by atoms with Gasteiger partial charge in [0.1, 0.15) is 0 Å². The summed E-state index contributed by atoms with van der Waals surface area (Å²) in [5.41, 5.74) is 0. The van der Waals surface area contributed by atoms with Crippen LogP contribution in [0.25, 0.3) is 0 Å². The van der Waals surface area contributed by atoms with Crippen molar-refractivity contribution in [2.75, 3.05) is 13.2 Å². The van der Waals surface area contributed by atoms with Gasteiger partial charge in [0.05, 0.1) is 24.4 Å². The highest BCUT2D eigenvalue weighted by molar-refractivity contribution is 4.67. The molecular weight excluding hydrogens is 384 g/mol. The van der Waals surface area contributed by atoms with Gasteiger partial charge < -0.3 is 14.2 Å². The molecule has 2 aliphatic rings. The van der Waals surface area contributed by atoms with Crippen LogP contribution in [0.2, 0.25) is 0 Å². The molecule has 0 radical (unpaired) electrons. The molecule has 0 saturated carbocycles. The lowest BCUT2D eigenvalue weighted by Gasteiger charge is -2.26. The highest BCUT2D eigenvalue weighted by Crippen LogP contribution is 2.22. The van der Waals surface area contributed by atoms with Gasteiger partial charge in [0.15, 0.2) is 0 Å². The molecule has 4 unspecified atom stereocenters. The molecule has 0 spiro atoms. The van der Waals surface area contributed by atoms with Crippen molar-refractivity contribution in [3.63, 3.8) is 0 Å². The highest BCUT2D eigenvalue weighted by atomic mass is 16.5. The second-order valence-electron chi connectivity index (χ2n) is 10.2. The minimum atomic E-state index is 0.481. The monoisotopic (exact) mass is 438 g/mol. The van der Waals surface area contributed by atoms with Gasteiger partial charge in [-0.2, -0.15) is 0 Å². The fourth-order valence-corrected chi connectivity index (χ4v) is 4.94. The quantitative estimate of drug-likeness (QED) is 0.159. The smallest absolute Gasteiger partial charge is 0.0597 e. The summed E-state index contributed by atoms with van der Waals surface area (Å²) in [5.74, 6) is 0. The highest BCUT2D eigenvalue weighted by Gasteiger charge is 2.17. The Morgan fingerprint density at radius 2 is 0.935 bits per heavy atom. The number of hydrogen-bond acceptors (Lipinski definition) is 3. The standard InChI is InChI=1S/C28H54O3/c1-3-25(17-13-9-5-7-11-15-19-27-21-23-29-27)31-26(4-2)18-14-10-6-8-12-16-20-28-22-24-30-28/h25-28H,3-24H2,1-2H3. The van der Waals surface area contributed by atoms with Crippen molar-refractivity contribution in [3.05, 3.63) is 0 Å². The van der Waals surface area contributed by atoms with Crippen LogP contribution in [-0.4, -0.2) is 37.6 Å². The molecule has 2 saturated heterocycles. The van der Waals surface area contributed by atoms with Crippen LogP contribution in [0.1, 0.15) is 142 Å². The van der Waals surface area contributed by atoms with Crippen molar-refractivity contribution in [1.29, 1.82) is 0 Å². The van der Waals surface area contributed by atoms with E-state index < -0.39 is 0 Å². The van der Waals surface area contributed by atoms with E-state index in [0.29, 0.717) is 24.4 Å². The van der Waals surface area contributed by atoms with E-state index in [-0.39, 0.29) is 0 Å². The number of hydrogen-bond donors (Lipinski definition) is 0. The summed E-state index contributed by atoms with van der Waals surface area (Å²) in [5, 5.41) is 0. The molecule has 0 aromatic rings. The molecule has 0 aromatic heterocycles. The Morgan fingerprint density at radius 1 is 0.581 bits per heavy atom. The molecule has 0 aliphatic carbocycles. The minimum absolute atomic E-state index is 0.481. The maximum absolute atomic E-state index is 6.50. The second-order valence-corrected chi connectivity index (χ2v) is 10.2. The van der Waals surface area contributed by atoms with Crippen LogP contribution in [0.3, 0.4) is 0 Å². The molecule has 2 aliphatic heterocycles. The maximum Gasteiger partial charge on any atom is 0.0597 e. The van der Waals surface area contributed by atoms with Crippen LogP contribution in [0, 0.1) is 0 Å². The Morgan fingerprint density at radius 3 is 1.26 bits per heavy atom. The maximum atomic E-state index is 6.50. The Hall–Kier alpha value is -0.120. The molecule has 0 N–H and O–H groups in total. The van der Waals surface area contributed by atoms with Crippen molar-refractivity contribution >= 4 is 0 Å². The van der Waals surface area contributed by atoms with E-state index >= 15 is 0 Å². The van der Waals surface area contributed by atoms with Gasteiger partial charge >= 0.3 is 0 Å². The van der Waals surface area contributed by atoms with Crippen molar-refractivity contribution < 1.29 is 14.2 Å². The van der Waals surface area contributed by atoms with Gasteiger partial charge in [-0.05, 0) is 51.4 Å². The van der Waals surface area contributed by atoms with Crippen LogP contribution in [-0.2, 0) is 14.2 Å². The van der Waals surface area contributed by atoms with Gasteiger partial charge in [0.2, 0.25) is 0 Å². The summed E-state index contributed by atoms with van der Waals surface area (Å²) in [6.07, 6.45) is 28.7. The van der Waals surface area contributed by atoms with E-state index in [1.807, 2.05) is 0 Å². The molecule has 2 rings (SSSR count). The summed E-state index contributed by atoms with van der Waals surface area (Å²) in [7, 11) is 0. The topological polar surface area (TPSA) is 27.7 Å². The fraction of sp³-hybridized carbons (Fsp3) is 1.00. The van der Waals surface area contributed by atoms with Crippen LogP contribution < -0.4 is 0 Å². The Labute approximate surface area is 194 Å². The van der Waals surface area contributed by atoms with E-state index in [1.165, 1.54) is 128 Å². The first kappa shape index (κ1) is 27.1. The van der Waals surface area contributed by atoms with Gasteiger partial charge in [-0.3, -0.25) is 0 Å². The average molecular weight is 439 g/mol. The molecule has 3 heteroatoms. The Balaban J connectivity index is 1.37. The van der Waals surface area contributed by atoms with Gasteiger partial charge in [-0.15, -0.1) is 0 Å². The Bertz CT molecular complexity index is 356. The van der Waals surface area contributed by atoms with E-state index in [1.54, 1.807) is 0 Å². The summed E-state index contributed by atoms with van der Waals surface area (Å²) in [6.45, 7) is 6.60. The first-order valence-corrected chi connectivity index (χ1v) is 14.2. The third-order valence-corrected chi connectivity index (χ3v) is 7.49. The summed E-state index contributed by atoms with van der Waals surface area (Å²) >= 11 is 0. The molecule has 0 bridgehead atoms. The first-order chi connectivity index (χ1) is 15.3. The van der Waals surface area contributed by atoms with Crippen molar-refractivity contribution in [3.8, 4) is 0 Å². The zero-order valence-corrected chi connectivity index (χ0v) is 21.1. The van der Waals surface area contributed by atoms with Crippen molar-refractivity contribution in [1.82, 2.24) is 0 Å². The van der Waals surface area contributed by atoms with Crippen LogP contribution in [0.4, 0.5) is 0 Å². The van der Waals surface area contributed by atoms with E-state index in [9.17, 15) is 0 Å². The SMILES string of the molecule is CCC(CCCCCCCCC1CCO1)OC(CC)CCCCCCCCC1CCO1. The van der Waals surface area contributed by atoms with E-state index in [2.05, 4.69) is 13.8 Å². The lowest BCUT2D eigenvalue weighted by Crippen LogP contribution is -2.26. The van der Waals surface area contributed by atoms with Crippen molar-refractivity contribution in [2.24, 2.45) is 0 Å². The van der Waals surface area contributed by atoms with Crippen molar-refractivity contribution in [2.45, 2.75) is 167 Å². The molecule has 2 fully saturated rings. The lowest BCUT2D eigenvalue weighted by atomic mass is 10.0. The zero-order chi connectivity index (χ0) is 22.0. The molecule has 2 heterocycles. The third-order valence-electron chi connectivity index (χ3n) is 7.49. The molecule has 31 heavy (non-hydrogen) atoms. The predicted molar refractivity (Wildman–Crippen MR) is 132 cm³/mol. The van der Waals surface area contributed by atoms with Gasteiger partial charge in [0, 0.05) is 13.2 Å². The molecule has 4 atom stereocenters.